The van der Waals surface area contributed by atoms with Gasteiger partial charge in [-0.05, 0) is 54.8 Å². The van der Waals surface area contributed by atoms with Crippen molar-refractivity contribution in [1.29, 1.82) is 0 Å². The number of benzene rings is 1. The Balaban J connectivity index is 1.46. The fourth-order valence-electron chi connectivity index (χ4n) is 4.58. The molecule has 0 spiro atoms. The second-order valence-electron chi connectivity index (χ2n) is 7.70. The average Bonchev–Trinajstić information content (AvgIpc) is 3.22. The first-order valence-electron chi connectivity index (χ1n) is 9.52. The molecule has 0 saturated carbocycles. The minimum absolute atomic E-state index is 0.334. The summed E-state index contributed by atoms with van der Waals surface area (Å²) < 4.78 is 25.4. The van der Waals surface area contributed by atoms with Crippen molar-refractivity contribution in [2.45, 2.75) is 42.8 Å². The number of sulfone groups is 1. The van der Waals surface area contributed by atoms with E-state index in [2.05, 4.69) is 27.1 Å². The van der Waals surface area contributed by atoms with E-state index >= 15 is 0 Å². The maximum Gasteiger partial charge on any atom is 0.175 e. The number of pyridine rings is 1. The SMILES string of the molecule is CS(=O)(=O)c1ccc(-n2ncc3c2C[C@H]2CC[C@H]3N2Cc2ccncc2)cc1. The lowest BCUT2D eigenvalue weighted by atomic mass is 9.99. The van der Waals surface area contributed by atoms with Gasteiger partial charge in [-0.15, -0.1) is 0 Å². The smallest absolute Gasteiger partial charge is 0.175 e. The fourth-order valence-corrected chi connectivity index (χ4v) is 5.21. The quantitative estimate of drug-likeness (QED) is 0.681. The van der Waals surface area contributed by atoms with E-state index in [4.69, 9.17) is 0 Å². The van der Waals surface area contributed by atoms with Crippen LogP contribution < -0.4 is 0 Å². The summed E-state index contributed by atoms with van der Waals surface area (Å²) in [6.45, 7) is 0.936. The van der Waals surface area contributed by atoms with Gasteiger partial charge < -0.3 is 0 Å². The maximum atomic E-state index is 11.7. The summed E-state index contributed by atoms with van der Waals surface area (Å²) in [5.74, 6) is 0. The van der Waals surface area contributed by atoms with Crippen LogP contribution in [0.4, 0.5) is 0 Å². The van der Waals surface area contributed by atoms with Crippen molar-refractivity contribution in [2.24, 2.45) is 0 Å². The highest BCUT2D eigenvalue weighted by Crippen LogP contribution is 2.44. The van der Waals surface area contributed by atoms with E-state index < -0.39 is 9.84 Å². The summed E-state index contributed by atoms with van der Waals surface area (Å²) in [7, 11) is -3.19. The number of hydrogen-bond donors (Lipinski definition) is 0. The molecule has 2 aromatic heterocycles. The van der Waals surface area contributed by atoms with Gasteiger partial charge in [0, 0.05) is 49.3 Å². The Hall–Kier alpha value is -2.51. The molecule has 144 valence electrons. The first-order valence-corrected chi connectivity index (χ1v) is 11.4. The van der Waals surface area contributed by atoms with Gasteiger partial charge in [0.1, 0.15) is 0 Å². The first kappa shape index (κ1) is 17.6. The van der Waals surface area contributed by atoms with Crippen LogP contribution in [-0.2, 0) is 22.8 Å². The van der Waals surface area contributed by atoms with Crippen LogP contribution >= 0.6 is 0 Å². The van der Waals surface area contributed by atoms with Crippen molar-refractivity contribution in [3.8, 4) is 5.69 Å². The third-order valence-corrected chi connectivity index (χ3v) is 7.08. The van der Waals surface area contributed by atoms with E-state index in [1.807, 2.05) is 35.4 Å². The molecule has 2 aliphatic heterocycles. The van der Waals surface area contributed by atoms with Gasteiger partial charge in [0.25, 0.3) is 0 Å². The van der Waals surface area contributed by atoms with Crippen LogP contribution in [0.5, 0.6) is 0 Å². The molecule has 5 rings (SSSR count). The Bertz CT molecular complexity index is 1110. The lowest BCUT2D eigenvalue weighted by Crippen LogP contribution is -2.37. The van der Waals surface area contributed by atoms with Crippen LogP contribution in [-0.4, -0.2) is 40.4 Å². The molecule has 1 saturated heterocycles. The lowest BCUT2D eigenvalue weighted by Gasteiger charge is -2.35. The van der Waals surface area contributed by atoms with E-state index in [1.165, 1.54) is 29.5 Å². The number of hydrogen-bond acceptors (Lipinski definition) is 5. The van der Waals surface area contributed by atoms with Crippen molar-refractivity contribution in [3.05, 3.63) is 71.8 Å². The molecule has 7 heteroatoms. The highest BCUT2D eigenvalue weighted by atomic mass is 32.2. The highest BCUT2D eigenvalue weighted by Gasteiger charge is 2.41. The van der Waals surface area contributed by atoms with Crippen LogP contribution in [0.3, 0.4) is 0 Å². The molecule has 0 radical (unpaired) electrons. The molecule has 2 aliphatic rings. The molecule has 4 heterocycles. The molecule has 1 aromatic carbocycles. The Kier molecular flexibility index (Phi) is 4.10. The van der Waals surface area contributed by atoms with Crippen molar-refractivity contribution in [3.63, 3.8) is 0 Å². The summed E-state index contributed by atoms with van der Waals surface area (Å²) in [5.41, 5.74) is 4.76. The normalized spacial score (nSPS) is 21.6. The summed E-state index contributed by atoms with van der Waals surface area (Å²) in [5, 5.41) is 4.65. The van der Waals surface area contributed by atoms with E-state index in [0.29, 0.717) is 17.0 Å². The summed E-state index contributed by atoms with van der Waals surface area (Å²) >= 11 is 0. The highest BCUT2D eigenvalue weighted by molar-refractivity contribution is 7.90. The summed E-state index contributed by atoms with van der Waals surface area (Å²) in [6.07, 6.45) is 10.2. The Morgan fingerprint density at radius 1 is 1.07 bits per heavy atom. The number of aromatic nitrogens is 3. The minimum Gasteiger partial charge on any atom is -0.289 e. The molecule has 1 fully saturated rings. The molecule has 2 atom stereocenters. The van der Waals surface area contributed by atoms with Crippen molar-refractivity contribution in [2.75, 3.05) is 6.26 Å². The molecule has 28 heavy (non-hydrogen) atoms. The van der Waals surface area contributed by atoms with E-state index in [-0.39, 0.29) is 0 Å². The Morgan fingerprint density at radius 2 is 1.82 bits per heavy atom. The van der Waals surface area contributed by atoms with E-state index in [9.17, 15) is 8.42 Å². The molecular formula is C21H22N4O2S. The minimum atomic E-state index is -3.19. The van der Waals surface area contributed by atoms with Gasteiger partial charge in [0.2, 0.25) is 0 Å². The summed E-state index contributed by atoms with van der Waals surface area (Å²) in [6, 6.07) is 12.1. The molecular weight excluding hydrogens is 372 g/mol. The molecule has 6 nitrogen and oxygen atoms in total. The zero-order valence-corrected chi connectivity index (χ0v) is 16.5. The van der Waals surface area contributed by atoms with Crippen LogP contribution in [0, 0.1) is 0 Å². The van der Waals surface area contributed by atoms with Gasteiger partial charge >= 0.3 is 0 Å². The van der Waals surface area contributed by atoms with Crippen LogP contribution in [0.15, 0.2) is 59.9 Å². The zero-order chi connectivity index (χ0) is 19.3. The molecule has 0 aliphatic carbocycles. The average molecular weight is 395 g/mol. The zero-order valence-electron chi connectivity index (χ0n) is 15.7. The predicted molar refractivity (Wildman–Crippen MR) is 106 cm³/mol. The lowest BCUT2D eigenvalue weighted by molar-refractivity contribution is 0.167. The molecule has 0 unspecified atom stereocenters. The van der Waals surface area contributed by atoms with Crippen molar-refractivity contribution < 1.29 is 8.42 Å². The van der Waals surface area contributed by atoms with Crippen molar-refractivity contribution >= 4 is 9.84 Å². The van der Waals surface area contributed by atoms with Gasteiger partial charge in [-0.25, -0.2) is 13.1 Å². The molecule has 0 N–H and O–H groups in total. The second kappa shape index (κ2) is 6.53. The third-order valence-electron chi connectivity index (χ3n) is 5.96. The molecule has 0 amide bonds. The van der Waals surface area contributed by atoms with Crippen LogP contribution in [0.25, 0.3) is 5.69 Å². The summed E-state index contributed by atoms with van der Waals surface area (Å²) in [4.78, 5) is 7.04. The van der Waals surface area contributed by atoms with Crippen LogP contribution in [0.2, 0.25) is 0 Å². The molecule has 2 bridgehead atoms. The maximum absolute atomic E-state index is 11.7. The fraction of sp³-hybridized carbons (Fsp3) is 0.333. The number of fused-ring (bicyclic) bond motifs is 4. The third kappa shape index (κ3) is 2.95. The van der Waals surface area contributed by atoms with Gasteiger partial charge in [-0.3, -0.25) is 9.88 Å². The van der Waals surface area contributed by atoms with Crippen LogP contribution in [0.1, 0.15) is 35.7 Å². The predicted octanol–water partition coefficient (Wildman–Crippen LogP) is 2.93. The van der Waals surface area contributed by atoms with E-state index in [1.54, 1.807) is 12.1 Å². The van der Waals surface area contributed by atoms with Gasteiger partial charge in [-0.2, -0.15) is 5.10 Å². The van der Waals surface area contributed by atoms with Gasteiger partial charge in [-0.1, -0.05) is 0 Å². The topological polar surface area (TPSA) is 68.1 Å². The largest absolute Gasteiger partial charge is 0.289 e. The number of nitrogens with zero attached hydrogens (tertiary/aromatic N) is 4. The van der Waals surface area contributed by atoms with Gasteiger partial charge in [0.15, 0.2) is 9.84 Å². The van der Waals surface area contributed by atoms with Gasteiger partial charge in [0.05, 0.1) is 22.5 Å². The standard InChI is InChI=1S/C21H22N4O2S/c1-28(26,27)18-5-2-16(3-6-18)25-21-12-17-4-7-20(19(21)13-23-25)24(17)14-15-8-10-22-11-9-15/h2-3,5-6,8-11,13,17,20H,4,7,12,14H2,1H3/t17-,20-/m1/s1. The van der Waals surface area contributed by atoms with Crippen molar-refractivity contribution in [1.82, 2.24) is 19.7 Å². The Labute approximate surface area is 164 Å². The first-order chi connectivity index (χ1) is 13.5. The van der Waals surface area contributed by atoms with E-state index in [0.717, 1.165) is 25.1 Å². The molecule has 3 aromatic rings. The number of rotatable bonds is 4. The Morgan fingerprint density at radius 3 is 2.54 bits per heavy atom. The second-order valence-corrected chi connectivity index (χ2v) is 9.72. The monoisotopic (exact) mass is 394 g/mol.